The number of rotatable bonds is 7. The maximum atomic E-state index is 12.3. The van der Waals surface area contributed by atoms with Gasteiger partial charge in [0.2, 0.25) is 0 Å². The monoisotopic (exact) mass is 354 g/mol. The highest BCUT2D eigenvalue weighted by Gasteiger charge is 2.16. The summed E-state index contributed by atoms with van der Waals surface area (Å²) in [5.74, 6) is 0.430. The van der Waals surface area contributed by atoms with E-state index in [0.717, 1.165) is 16.8 Å². The Kier molecular flexibility index (Phi) is 6.78. The first-order valence-electron chi connectivity index (χ1n) is 8.76. The van der Waals surface area contributed by atoms with Crippen LogP contribution in [0, 0.1) is 0 Å². The molecule has 0 spiro atoms. The van der Waals surface area contributed by atoms with Gasteiger partial charge >= 0.3 is 0 Å². The van der Waals surface area contributed by atoms with Gasteiger partial charge in [0.05, 0.1) is 6.21 Å². The standard InChI is InChI=1S/C21H26N2O3/c1-14(2)17-9-7-10-18(15(3)4)21(17)23-20(25)13-26-22-12-16-8-5-6-11-19(16)24/h5-12,14-15,24H,13H2,1-4H3,(H,23,25)/b22-12-. The molecule has 26 heavy (non-hydrogen) atoms. The Morgan fingerprint density at radius 1 is 1.08 bits per heavy atom. The van der Waals surface area contributed by atoms with E-state index in [1.807, 2.05) is 18.2 Å². The molecule has 0 aromatic heterocycles. The van der Waals surface area contributed by atoms with Gasteiger partial charge in [-0.15, -0.1) is 0 Å². The highest BCUT2D eigenvalue weighted by atomic mass is 16.6. The molecule has 0 aliphatic carbocycles. The first kappa shape index (κ1) is 19.5. The zero-order valence-corrected chi connectivity index (χ0v) is 15.7. The van der Waals surface area contributed by atoms with E-state index in [0.29, 0.717) is 17.4 Å². The van der Waals surface area contributed by atoms with Crippen LogP contribution in [0.3, 0.4) is 0 Å². The largest absolute Gasteiger partial charge is 0.507 e. The molecule has 0 saturated carbocycles. The van der Waals surface area contributed by atoms with Crippen LogP contribution in [0.15, 0.2) is 47.6 Å². The number of nitrogens with zero attached hydrogens (tertiary/aromatic N) is 1. The van der Waals surface area contributed by atoms with Crippen molar-refractivity contribution in [2.75, 3.05) is 11.9 Å². The minimum absolute atomic E-state index is 0.108. The number of carbonyl (C=O) groups is 1. The van der Waals surface area contributed by atoms with Crippen LogP contribution in [0.5, 0.6) is 5.75 Å². The second kappa shape index (κ2) is 9.04. The fourth-order valence-corrected chi connectivity index (χ4v) is 2.66. The lowest BCUT2D eigenvalue weighted by Gasteiger charge is -2.19. The zero-order valence-electron chi connectivity index (χ0n) is 15.7. The Morgan fingerprint density at radius 3 is 2.27 bits per heavy atom. The Labute approximate surface area is 154 Å². The van der Waals surface area contributed by atoms with Crippen LogP contribution in [0.4, 0.5) is 5.69 Å². The van der Waals surface area contributed by atoms with Gasteiger partial charge in [-0.1, -0.05) is 63.2 Å². The second-order valence-corrected chi connectivity index (χ2v) is 6.74. The molecule has 5 heteroatoms. The van der Waals surface area contributed by atoms with E-state index in [1.165, 1.54) is 6.21 Å². The third-order valence-electron chi connectivity index (χ3n) is 4.04. The third kappa shape index (κ3) is 5.09. The highest BCUT2D eigenvalue weighted by molar-refractivity contribution is 5.93. The van der Waals surface area contributed by atoms with Gasteiger partial charge in [0, 0.05) is 11.3 Å². The molecular weight excluding hydrogens is 328 g/mol. The van der Waals surface area contributed by atoms with Gasteiger partial charge in [0.25, 0.3) is 5.91 Å². The smallest absolute Gasteiger partial charge is 0.265 e. The minimum atomic E-state index is -0.269. The van der Waals surface area contributed by atoms with E-state index in [4.69, 9.17) is 4.84 Å². The van der Waals surface area contributed by atoms with Crippen molar-refractivity contribution in [2.24, 2.45) is 5.16 Å². The average Bonchev–Trinajstić information content (AvgIpc) is 2.59. The van der Waals surface area contributed by atoms with E-state index < -0.39 is 0 Å². The Balaban J connectivity index is 2.03. The molecule has 2 aromatic rings. The quantitative estimate of drug-likeness (QED) is 0.562. The predicted molar refractivity (Wildman–Crippen MR) is 105 cm³/mol. The van der Waals surface area contributed by atoms with Crippen molar-refractivity contribution in [2.45, 2.75) is 39.5 Å². The first-order valence-corrected chi connectivity index (χ1v) is 8.76. The number of nitrogens with one attached hydrogen (secondary N) is 1. The molecule has 0 saturated heterocycles. The Morgan fingerprint density at radius 2 is 1.69 bits per heavy atom. The third-order valence-corrected chi connectivity index (χ3v) is 4.04. The number of para-hydroxylation sites is 2. The molecular formula is C21H26N2O3. The molecule has 0 aliphatic heterocycles. The van der Waals surface area contributed by atoms with Crippen LogP contribution in [0.2, 0.25) is 0 Å². The molecule has 2 aromatic carbocycles. The van der Waals surface area contributed by atoms with Gasteiger partial charge < -0.3 is 15.3 Å². The SMILES string of the molecule is CC(C)c1cccc(C(C)C)c1NC(=O)CO/N=C\c1ccccc1O. The van der Waals surface area contributed by atoms with E-state index >= 15 is 0 Å². The van der Waals surface area contributed by atoms with E-state index in [-0.39, 0.29) is 18.3 Å². The molecule has 5 nitrogen and oxygen atoms in total. The van der Waals surface area contributed by atoms with Crippen molar-refractivity contribution in [1.82, 2.24) is 0 Å². The topological polar surface area (TPSA) is 70.9 Å². The van der Waals surface area contributed by atoms with Crippen LogP contribution in [0.25, 0.3) is 0 Å². The molecule has 2 rings (SSSR count). The van der Waals surface area contributed by atoms with Crippen molar-refractivity contribution >= 4 is 17.8 Å². The van der Waals surface area contributed by atoms with Gasteiger partial charge in [-0.05, 0) is 35.1 Å². The molecule has 0 radical (unpaired) electrons. The number of phenolic OH excluding ortho intramolecular Hbond substituents is 1. The van der Waals surface area contributed by atoms with Gasteiger partial charge in [0.15, 0.2) is 6.61 Å². The number of aromatic hydroxyl groups is 1. The lowest BCUT2D eigenvalue weighted by Crippen LogP contribution is -2.19. The fraction of sp³-hybridized carbons (Fsp3) is 0.333. The zero-order chi connectivity index (χ0) is 19.1. The molecule has 2 N–H and O–H groups in total. The summed E-state index contributed by atoms with van der Waals surface area (Å²) in [6.07, 6.45) is 1.38. The maximum absolute atomic E-state index is 12.3. The van der Waals surface area contributed by atoms with Crippen LogP contribution < -0.4 is 5.32 Å². The summed E-state index contributed by atoms with van der Waals surface area (Å²) in [6.45, 7) is 8.20. The van der Waals surface area contributed by atoms with E-state index in [9.17, 15) is 9.90 Å². The molecule has 1 amide bonds. The molecule has 0 atom stereocenters. The van der Waals surface area contributed by atoms with E-state index in [2.05, 4.69) is 38.2 Å². The number of benzene rings is 2. The summed E-state index contributed by atoms with van der Waals surface area (Å²) < 4.78 is 0. The number of carbonyl (C=O) groups excluding carboxylic acids is 1. The molecule has 138 valence electrons. The van der Waals surface area contributed by atoms with Crippen molar-refractivity contribution < 1.29 is 14.7 Å². The van der Waals surface area contributed by atoms with Crippen LogP contribution in [-0.4, -0.2) is 23.8 Å². The summed E-state index contributed by atoms with van der Waals surface area (Å²) in [5, 5.41) is 16.4. The number of phenols is 1. The Bertz CT molecular complexity index is 756. The highest BCUT2D eigenvalue weighted by Crippen LogP contribution is 2.32. The average molecular weight is 354 g/mol. The molecule has 0 aliphatic rings. The lowest BCUT2D eigenvalue weighted by atomic mass is 9.92. The number of anilines is 1. The van der Waals surface area contributed by atoms with Crippen molar-refractivity contribution in [3.8, 4) is 5.75 Å². The summed E-state index contributed by atoms with van der Waals surface area (Å²) >= 11 is 0. The predicted octanol–water partition coefficient (Wildman–Crippen LogP) is 4.63. The first-order chi connectivity index (χ1) is 12.4. The number of amides is 1. The summed E-state index contributed by atoms with van der Waals surface area (Å²) in [6, 6.07) is 12.9. The maximum Gasteiger partial charge on any atom is 0.265 e. The second-order valence-electron chi connectivity index (χ2n) is 6.74. The lowest BCUT2D eigenvalue weighted by molar-refractivity contribution is -0.120. The fourth-order valence-electron chi connectivity index (χ4n) is 2.66. The summed E-state index contributed by atoms with van der Waals surface area (Å²) in [5.41, 5.74) is 3.58. The normalized spacial score (nSPS) is 11.3. The molecule has 0 heterocycles. The summed E-state index contributed by atoms with van der Waals surface area (Å²) in [7, 11) is 0. The van der Waals surface area contributed by atoms with Crippen LogP contribution in [0.1, 0.15) is 56.2 Å². The number of hydrogen-bond acceptors (Lipinski definition) is 4. The minimum Gasteiger partial charge on any atom is -0.507 e. The molecule has 0 unspecified atom stereocenters. The van der Waals surface area contributed by atoms with Crippen LogP contribution in [-0.2, 0) is 9.63 Å². The van der Waals surface area contributed by atoms with Crippen molar-refractivity contribution in [3.05, 3.63) is 59.2 Å². The van der Waals surface area contributed by atoms with Crippen molar-refractivity contribution in [1.29, 1.82) is 0 Å². The number of oxime groups is 1. The molecule has 0 bridgehead atoms. The van der Waals surface area contributed by atoms with Gasteiger partial charge in [0.1, 0.15) is 5.75 Å². The van der Waals surface area contributed by atoms with Gasteiger partial charge in [-0.25, -0.2) is 0 Å². The summed E-state index contributed by atoms with van der Waals surface area (Å²) in [4.78, 5) is 17.4. The van der Waals surface area contributed by atoms with Gasteiger partial charge in [-0.3, -0.25) is 4.79 Å². The number of hydrogen-bond donors (Lipinski definition) is 2. The molecule has 0 fully saturated rings. The van der Waals surface area contributed by atoms with E-state index in [1.54, 1.807) is 24.3 Å². The van der Waals surface area contributed by atoms with Gasteiger partial charge in [-0.2, -0.15) is 0 Å². The van der Waals surface area contributed by atoms with Crippen LogP contribution >= 0.6 is 0 Å². The van der Waals surface area contributed by atoms with Crippen molar-refractivity contribution in [3.63, 3.8) is 0 Å². The Hall–Kier alpha value is -2.82.